The second-order valence-electron chi connectivity index (χ2n) is 3.04. The van der Waals surface area contributed by atoms with Crippen LogP contribution in [0.3, 0.4) is 0 Å². The van der Waals surface area contributed by atoms with Crippen LogP contribution in [0.4, 0.5) is 0 Å². The van der Waals surface area contributed by atoms with Crippen molar-refractivity contribution in [2.75, 3.05) is 20.2 Å². The van der Waals surface area contributed by atoms with E-state index in [1.807, 2.05) is 0 Å². The van der Waals surface area contributed by atoms with Gasteiger partial charge in [-0.3, -0.25) is 0 Å². The normalized spacial score (nSPS) is 29.7. The number of rotatable bonds is 0. The van der Waals surface area contributed by atoms with E-state index >= 15 is 0 Å². The maximum Gasteiger partial charge on any atom is 0.101 e. The monoisotopic (exact) mass is 151 g/mol. The molecule has 0 amide bonds. The molecule has 1 aliphatic carbocycles. The number of likely N-dealkylation sites (N-methyl/N-ethyl adjacent to an activating group) is 1. The maximum absolute atomic E-state index is 5.59. The quantitative estimate of drug-likeness (QED) is 0.515. The van der Waals surface area contributed by atoms with Crippen molar-refractivity contribution in [1.82, 2.24) is 4.90 Å². The van der Waals surface area contributed by atoms with Crippen molar-refractivity contribution >= 4 is 0 Å². The topological polar surface area (TPSA) is 12.5 Å². The fourth-order valence-electron chi connectivity index (χ4n) is 1.58. The Kier molecular flexibility index (Phi) is 1.70. The predicted molar refractivity (Wildman–Crippen MR) is 44.2 cm³/mol. The molecule has 1 aliphatic heterocycles. The third kappa shape index (κ3) is 1.18. The van der Waals surface area contributed by atoms with Gasteiger partial charge in [-0.15, -0.1) is 0 Å². The number of hydrogen-bond donors (Lipinski definition) is 0. The Morgan fingerprint density at radius 2 is 2.55 bits per heavy atom. The van der Waals surface area contributed by atoms with Gasteiger partial charge in [-0.05, 0) is 12.5 Å². The molecule has 0 aromatic rings. The van der Waals surface area contributed by atoms with Crippen LogP contribution in [0.1, 0.15) is 6.42 Å². The number of ether oxygens (including phenoxy) is 1. The van der Waals surface area contributed by atoms with E-state index in [0.717, 1.165) is 19.6 Å². The van der Waals surface area contributed by atoms with Gasteiger partial charge in [0.2, 0.25) is 0 Å². The minimum absolute atomic E-state index is 0.332. The summed E-state index contributed by atoms with van der Waals surface area (Å²) in [7, 11) is 2.13. The molecule has 0 aromatic heterocycles. The Hall–Kier alpha value is -0.760. The van der Waals surface area contributed by atoms with E-state index in [-0.39, 0.29) is 0 Å². The second-order valence-corrected chi connectivity index (χ2v) is 3.04. The summed E-state index contributed by atoms with van der Waals surface area (Å²) in [5.74, 6) is 0. The fraction of sp³-hybridized carbons (Fsp3) is 0.556. The molecule has 0 bridgehead atoms. The van der Waals surface area contributed by atoms with Crippen LogP contribution < -0.4 is 0 Å². The molecule has 1 fully saturated rings. The van der Waals surface area contributed by atoms with Gasteiger partial charge in [-0.25, -0.2) is 0 Å². The van der Waals surface area contributed by atoms with Gasteiger partial charge in [-0.1, -0.05) is 12.2 Å². The lowest BCUT2D eigenvalue weighted by molar-refractivity contribution is 0.0162. The van der Waals surface area contributed by atoms with Crippen molar-refractivity contribution in [2.45, 2.75) is 12.5 Å². The first-order valence-corrected chi connectivity index (χ1v) is 4.07. The molecule has 0 aromatic carbocycles. The molecule has 0 saturated carbocycles. The molecule has 60 valence electrons. The summed E-state index contributed by atoms with van der Waals surface area (Å²) in [6, 6.07) is 0. The third-order valence-corrected chi connectivity index (χ3v) is 2.27. The van der Waals surface area contributed by atoms with Gasteiger partial charge in [0.1, 0.15) is 6.10 Å². The maximum atomic E-state index is 5.59. The van der Waals surface area contributed by atoms with Crippen molar-refractivity contribution in [3.05, 3.63) is 23.9 Å². The molecule has 0 radical (unpaired) electrons. The van der Waals surface area contributed by atoms with E-state index < -0.39 is 0 Å². The highest BCUT2D eigenvalue weighted by Gasteiger charge is 2.22. The number of fused-ring (bicyclic) bond motifs is 1. The summed E-state index contributed by atoms with van der Waals surface area (Å²) in [6.45, 7) is 1.89. The minimum Gasteiger partial charge on any atom is -0.373 e. The molecule has 1 saturated heterocycles. The third-order valence-electron chi connectivity index (χ3n) is 2.27. The molecule has 0 N–H and O–H groups in total. The summed E-state index contributed by atoms with van der Waals surface area (Å²) in [5, 5.41) is 0. The molecule has 1 heterocycles. The van der Waals surface area contributed by atoms with E-state index in [1.165, 1.54) is 5.70 Å². The van der Waals surface area contributed by atoms with Crippen LogP contribution in [0.25, 0.3) is 0 Å². The SMILES string of the molecule is CN1CCOC2CC=CC=C21. The number of morpholine rings is 1. The Labute approximate surface area is 67.1 Å². The number of allylic oxidation sites excluding steroid dienone is 2. The van der Waals surface area contributed by atoms with Crippen LogP contribution in [-0.2, 0) is 4.74 Å². The van der Waals surface area contributed by atoms with Crippen LogP contribution in [-0.4, -0.2) is 31.2 Å². The molecule has 1 atom stereocenters. The summed E-state index contributed by atoms with van der Waals surface area (Å²) < 4.78 is 5.59. The molecule has 1 unspecified atom stereocenters. The first-order valence-electron chi connectivity index (χ1n) is 4.07. The highest BCUT2D eigenvalue weighted by Crippen LogP contribution is 2.22. The summed E-state index contributed by atoms with van der Waals surface area (Å²) in [4.78, 5) is 2.28. The highest BCUT2D eigenvalue weighted by atomic mass is 16.5. The van der Waals surface area contributed by atoms with Crippen LogP contribution in [0, 0.1) is 0 Å². The molecule has 2 heteroatoms. The van der Waals surface area contributed by atoms with Gasteiger partial charge in [0.05, 0.1) is 6.61 Å². The van der Waals surface area contributed by atoms with E-state index in [0.29, 0.717) is 6.10 Å². The van der Waals surface area contributed by atoms with Crippen molar-refractivity contribution < 1.29 is 4.74 Å². The molecule has 2 aliphatic rings. The summed E-state index contributed by atoms with van der Waals surface area (Å²) in [6.07, 6.45) is 7.78. The van der Waals surface area contributed by atoms with E-state index in [4.69, 9.17) is 4.74 Å². The summed E-state index contributed by atoms with van der Waals surface area (Å²) in [5.41, 5.74) is 1.33. The van der Waals surface area contributed by atoms with Gasteiger partial charge in [0.25, 0.3) is 0 Å². The zero-order valence-electron chi connectivity index (χ0n) is 6.79. The summed E-state index contributed by atoms with van der Waals surface area (Å²) >= 11 is 0. The van der Waals surface area contributed by atoms with Crippen LogP contribution in [0.15, 0.2) is 23.9 Å². The highest BCUT2D eigenvalue weighted by molar-refractivity contribution is 5.22. The van der Waals surface area contributed by atoms with Crippen molar-refractivity contribution in [1.29, 1.82) is 0 Å². The Morgan fingerprint density at radius 1 is 1.64 bits per heavy atom. The molecular formula is C9H13NO. The van der Waals surface area contributed by atoms with Gasteiger partial charge in [0, 0.05) is 19.3 Å². The largest absolute Gasteiger partial charge is 0.373 e. The Balaban J connectivity index is 2.20. The molecule has 11 heavy (non-hydrogen) atoms. The smallest absolute Gasteiger partial charge is 0.101 e. The average Bonchev–Trinajstić information content (AvgIpc) is 2.06. The number of nitrogens with zero attached hydrogens (tertiary/aromatic N) is 1. The van der Waals surface area contributed by atoms with Gasteiger partial charge in [-0.2, -0.15) is 0 Å². The lowest BCUT2D eigenvalue weighted by Gasteiger charge is -2.35. The standard InChI is InChI=1S/C9H13NO/c1-10-6-7-11-9-5-3-2-4-8(9)10/h2-4,9H,5-7H2,1H3. The fourth-order valence-corrected chi connectivity index (χ4v) is 1.58. The Bertz CT molecular complexity index is 208. The van der Waals surface area contributed by atoms with E-state index in [1.54, 1.807) is 0 Å². The first-order chi connectivity index (χ1) is 5.38. The van der Waals surface area contributed by atoms with Gasteiger partial charge >= 0.3 is 0 Å². The molecular weight excluding hydrogens is 138 g/mol. The molecule has 0 spiro atoms. The van der Waals surface area contributed by atoms with Crippen LogP contribution in [0.5, 0.6) is 0 Å². The first kappa shape index (κ1) is 6.92. The van der Waals surface area contributed by atoms with Crippen molar-refractivity contribution in [3.63, 3.8) is 0 Å². The molecule has 2 rings (SSSR count). The lowest BCUT2D eigenvalue weighted by atomic mass is 10.1. The predicted octanol–water partition coefficient (Wildman–Crippen LogP) is 1.16. The van der Waals surface area contributed by atoms with Gasteiger partial charge < -0.3 is 9.64 Å². The Morgan fingerprint density at radius 3 is 3.36 bits per heavy atom. The van der Waals surface area contributed by atoms with Crippen LogP contribution in [0.2, 0.25) is 0 Å². The van der Waals surface area contributed by atoms with Crippen LogP contribution >= 0.6 is 0 Å². The second kappa shape index (κ2) is 2.70. The lowest BCUT2D eigenvalue weighted by Crippen LogP contribution is -2.38. The number of hydrogen-bond acceptors (Lipinski definition) is 2. The zero-order valence-corrected chi connectivity index (χ0v) is 6.79. The zero-order chi connectivity index (χ0) is 7.68. The average molecular weight is 151 g/mol. The minimum atomic E-state index is 0.332. The molecule has 2 nitrogen and oxygen atoms in total. The van der Waals surface area contributed by atoms with E-state index in [2.05, 4.69) is 30.2 Å². The van der Waals surface area contributed by atoms with Crippen molar-refractivity contribution in [3.8, 4) is 0 Å². The van der Waals surface area contributed by atoms with Crippen molar-refractivity contribution in [2.24, 2.45) is 0 Å². The van der Waals surface area contributed by atoms with Gasteiger partial charge in [0.15, 0.2) is 0 Å². The van der Waals surface area contributed by atoms with E-state index in [9.17, 15) is 0 Å².